The van der Waals surface area contributed by atoms with Crippen molar-refractivity contribution in [1.82, 2.24) is 9.88 Å². The van der Waals surface area contributed by atoms with Crippen molar-refractivity contribution in [3.05, 3.63) is 59.4 Å². The van der Waals surface area contributed by atoms with Crippen molar-refractivity contribution < 1.29 is 23.9 Å². The van der Waals surface area contributed by atoms with E-state index in [1.165, 1.54) is 19.2 Å². The largest absolute Gasteiger partial charge is 0.451 e. The maximum atomic E-state index is 12.4. The third-order valence-corrected chi connectivity index (χ3v) is 3.77. The number of esters is 1. The van der Waals surface area contributed by atoms with Crippen molar-refractivity contribution >= 4 is 17.7 Å². The molecule has 0 fully saturated rings. The number of nitrogens with one attached hydrogen (secondary N) is 1. The summed E-state index contributed by atoms with van der Waals surface area (Å²) in [6.45, 7) is 2.18. The normalized spacial score (nSPS) is 10.4. The zero-order valence-electron chi connectivity index (χ0n) is 14.9. The number of hydrogen-bond acceptors (Lipinski definition) is 5. The average molecular weight is 358 g/mol. The Balaban J connectivity index is 1.94. The average Bonchev–Trinajstić information content (AvgIpc) is 3.14. The number of carbonyl (C=O) groups excluding carboxylic acids is 3. The molecule has 0 atom stereocenters. The number of methoxy groups -OCH3 is 1. The molecule has 0 bridgehead atoms. The van der Waals surface area contributed by atoms with Crippen LogP contribution in [0.25, 0.3) is 0 Å². The Morgan fingerprint density at radius 1 is 1.15 bits per heavy atom. The summed E-state index contributed by atoms with van der Waals surface area (Å²) >= 11 is 0. The predicted octanol–water partition coefficient (Wildman–Crippen LogP) is 2.05. The Kier molecular flexibility index (Phi) is 7.11. The highest BCUT2D eigenvalue weighted by atomic mass is 16.5. The Morgan fingerprint density at radius 2 is 1.88 bits per heavy atom. The van der Waals surface area contributed by atoms with Crippen molar-refractivity contribution in [2.45, 2.75) is 13.5 Å². The zero-order chi connectivity index (χ0) is 18.9. The molecule has 0 saturated carbocycles. The minimum Gasteiger partial charge on any atom is -0.451 e. The molecule has 0 saturated heterocycles. The summed E-state index contributed by atoms with van der Waals surface area (Å²) in [5, 5.41) is 0. The number of nitrogens with zero attached hydrogens (tertiary/aromatic N) is 1. The predicted molar refractivity (Wildman–Crippen MR) is 94.8 cm³/mol. The van der Waals surface area contributed by atoms with Gasteiger partial charge in [0.15, 0.2) is 12.4 Å². The van der Waals surface area contributed by atoms with Gasteiger partial charge < -0.3 is 19.4 Å². The SMILES string of the molecule is COCCN(Cc1ccccc1)C(=O)COC(=O)c1cc(C(C)=O)c[nH]1. The summed E-state index contributed by atoms with van der Waals surface area (Å²) in [6, 6.07) is 10.9. The summed E-state index contributed by atoms with van der Waals surface area (Å²) in [5.74, 6) is -1.17. The number of ether oxygens (including phenoxy) is 2. The first-order valence-electron chi connectivity index (χ1n) is 8.18. The topological polar surface area (TPSA) is 88.7 Å². The van der Waals surface area contributed by atoms with Crippen LogP contribution in [0.3, 0.4) is 0 Å². The summed E-state index contributed by atoms with van der Waals surface area (Å²) in [5.41, 5.74) is 1.49. The summed E-state index contributed by atoms with van der Waals surface area (Å²) < 4.78 is 10.1. The minimum atomic E-state index is -0.683. The monoisotopic (exact) mass is 358 g/mol. The number of ketones is 1. The molecule has 2 rings (SSSR count). The molecule has 0 aliphatic carbocycles. The number of aromatic amines is 1. The fraction of sp³-hybridized carbons (Fsp3) is 0.316. The van der Waals surface area contributed by atoms with Crippen LogP contribution >= 0.6 is 0 Å². The van der Waals surface area contributed by atoms with Crippen LogP contribution in [-0.2, 0) is 20.8 Å². The van der Waals surface area contributed by atoms with Gasteiger partial charge in [0.05, 0.1) is 6.61 Å². The summed E-state index contributed by atoms with van der Waals surface area (Å²) in [4.78, 5) is 40.0. The first kappa shape index (κ1) is 19.4. The van der Waals surface area contributed by atoms with Gasteiger partial charge in [-0.2, -0.15) is 0 Å². The van der Waals surface area contributed by atoms with Crippen molar-refractivity contribution in [3.63, 3.8) is 0 Å². The lowest BCUT2D eigenvalue weighted by molar-refractivity contribution is -0.135. The van der Waals surface area contributed by atoms with E-state index in [-0.39, 0.29) is 24.0 Å². The van der Waals surface area contributed by atoms with Gasteiger partial charge in [-0.15, -0.1) is 0 Å². The van der Waals surface area contributed by atoms with Crippen LogP contribution < -0.4 is 0 Å². The molecule has 7 heteroatoms. The number of Topliss-reactive ketones (excluding diaryl/α,β-unsaturated/α-hetero) is 1. The molecule has 26 heavy (non-hydrogen) atoms. The molecular formula is C19H22N2O5. The minimum absolute atomic E-state index is 0.134. The molecule has 0 spiro atoms. The van der Waals surface area contributed by atoms with Gasteiger partial charge in [-0.05, 0) is 18.6 Å². The second kappa shape index (κ2) is 9.53. The van der Waals surface area contributed by atoms with Gasteiger partial charge in [-0.3, -0.25) is 9.59 Å². The highest BCUT2D eigenvalue weighted by Gasteiger charge is 2.18. The van der Waals surface area contributed by atoms with Crippen LogP contribution in [0.1, 0.15) is 33.3 Å². The van der Waals surface area contributed by atoms with Gasteiger partial charge in [0.1, 0.15) is 5.69 Å². The van der Waals surface area contributed by atoms with Crippen LogP contribution in [0.4, 0.5) is 0 Å². The lowest BCUT2D eigenvalue weighted by Gasteiger charge is -2.22. The molecule has 1 aromatic carbocycles. The second-order valence-corrected chi connectivity index (χ2v) is 5.73. The number of aromatic nitrogens is 1. The van der Waals surface area contributed by atoms with Crippen LogP contribution in [-0.4, -0.2) is 54.4 Å². The van der Waals surface area contributed by atoms with Crippen molar-refractivity contribution in [3.8, 4) is 0 Å². The van der Waals surface area contributed by atoms with Gasteiger partial charge >= 0.3 is 5.97 Å². The molecule has 1 aromatic heterocycles. The molecule has 0 unspecified atom stereocenters. The van der Waals surface area contributed by atoms with E-state index in [0.717, 1.165) is 5.56 Å². The van der Waals surface area contributed by atoms with Crippen LogP contribution in [0.5, 0.6) is 0 Å². The van der Waals surface area contributed by atoms with Crippen molar-refractivity contribution in [2.24, 2.45) is 0 Å². The number of amides is 1. The third-order valence-electron chi connectivity index (χ3n) is 3.77. The van der Waals surface area contributed by atoms with E-state index in [0.29, 0.717) is 25.3 Å². The van der Waals surface area contributed by atoms with E-state index in [1.807, 2.05) is 30.3 Å². The Labute approximate surface area is 151 Å². The third kappa shape index (κ3) is 5.56. The molecule has 7 nitrogen and oxygen atoms in total. The molecule has 1 amide bonds. The van der Waals surface area contributed by atoms with E-state index < -0.39 is 5.97 Å². The second-order valence-electron chi connectivity index (χ2n) is 5.73. The number of carbonyl (C=O) groups is 3. The maximum Gasteiger partial charge on any atom is 0.355 e. The standard InChI is InChI=1S/C19H22N2O5/c1-14(22)16-10-17(20-11-16)19(24)26-13-18(23)21(8-9-25-2)12-15-6-4-3-5-7-15/h3-7,10-11,20H,8-9,12-13H2,1-2H3. The molecule has 0 radical (unpaired) electrons. The Bertz CT molecular complexity index is 754. The van der Waals surface area contributed by atoms with Crippen LogP contribution in [0, 0.1) is 0 Å². The molecule has 2 aromatic rings. The highest BCUT2D eigenvalue weighted by Crippen LogP contribution is 2.08. The molecule has 0 aliphatic heterocycles. The van der Waals surface area contributed by atoms with Crippen LogP contribution in [0.2, 0.25) is 0 Å². The van der Waals surface area contributed by atoms with Gasteiger partial charge in [0.25, 0.3) is 5.91 Å². The fourth-order valence-corrected chi connectivity index (χ4v) is 2.31. The van der Waals surface area contributed by atoms with Crippen LogP contribution in [0.15, 0.2) is 42.6 Å². The lowest BCUT2D eigenvalue weighted by atomic mass is 10.2. The van der Waals surface area contributed by atoms with Gasteiger partial charge in [-0.1, -0.05) is 30.3 Å². The van der Waals surface area contributed by atoms with E-state index in [1.54, 1.807) is 12.0 Å². The molecule has 138 valence electrons. The lowest BCUT2D eigenvalue weighted by Crippen LogP contribution is -2.36. The van der Waals surface area contributed by atoms with E-state index in [9.17, 15) is 14.4 Å². The quantitative estimate of drug-likeness (QED) is 0.547. The van der Waals surface area contributed by atoms with E-state index in [2.05, 4.69) is 4.98 Å². The highest BCUT2D eigenvalue weighted by molar-refractivity contribution is 5.97. The summed E-state index contributed by atoms with van der Waals surface area (Å²) in [7, 11) is 1.56. The van der Waals surface area contributed by atoms with Gasteiger partial charge in [0, 0.05) is 32.0 Å². The molecule has 1 heterocycles. The molecule has 0 aliphatic rings. The van der Waals surface area contributed by atoms with Crippen molar-refractivity contribution in [2.75, 3.05) is 26.9 Å². The first-order valence-corrected chi connectivity index (χ1v) is 8.18. The maximum absolute atomic E-state index is 12.4. The first-order chi connectivity index (χ1) is 12.5. The van der Waals surface area contributed by atoms with Gasteiger partial charge in [0.2, 0.25) is 0 Å². The number of H-pyrrole nitrogens is 1. The smallest absolute Gasteiger partial charge is 0.355 e. The zero-order valence-corrected chi connectivity index (χ0v) is 14.9. The molecular weight excluding hydrogens is 336 g/mol. The number of rotatable bonds is 9. The summed E-state index contributed by atoms with van der Waals surface area (Å²) in [6.07, 6.45) is 1.43. The van der Waals surface area contributed by atoms with Crippen molar-refractivity contribution in [1.29, 1.82) is 0 Å². The van der Waals surface area contributed by atoms with E-state index >= 15 is 0 Å². The fourth-order valence-electron chi connectivity index (χ4n) is 2.31. The van der Waals surface area contributed by atoms with E-state index in [4.69, 9.17) is 9.47 Å². The Morgan fingerprint density at radius 3 is 2.50 bits per heavy atom. The number of benzene rings is 1. The van der Waals surface area contributed by atoms with Gasteiger partial charge in [-0.25, -0.2) is 4.79 Å². The Hall–Kier alpha value is -2.93. The number of hydrogen-bond donors (Lipinski definition) is 1. The molecule has 1 N–H and O–H groups in total.